The second-order valence-corrected chi connectivity index (χ2v) is 5.68. The molecule has 3 nitrogen and oxygen atoms in total. The zero-order chi connectivity index (χ0) is 15.9. The van der Waals surface area contributed by atoms with Crippen LogP contribution in [0.15, 0.2) is 42.5 Å². The Kier molecular flexibility index (Phi) is 6.31. The van der Waals surface area contributed by atoms with E-state index < -0.39 is 0 Å². The van der Waals surface area contributed by atoms with Crippen LogP contribution in [0.4, 0.5) is 5.69 Å². The molecule has 0 aliphatic heterocycles. The Bertz CT molecular complexity index is 664. The van der Waals surface area contributed by atoms with E-state index in [1.807, 2.05) is 24.3 Å². The standard InChI is InChI=1S/C16H15Cl2NO2S/c1-20-13-4-2-3-11(9-13)7-8-21-16(22)19-12-5-6-14(17)15(18)10-12/h2-6,9-10H,7-8H2,1H3,(H,19,22). The van der Waals surface area contributed by atoms with Crippen LogP contribution < -0.4 is 10.1 Å². The van der Waals surface area contributed by atoms with Crippen molar-refractivity contribution in [1.29, 1.82) is 0 Å². The van der Waals surface area contributed by atoms with Gasteiger partial charge in [-0.25, -0.2) is 0 Å². The molecular weight excluding hydrogens is 341 g/mol. The highest BCUT2D eigenvalue weighted by molar-refractivity contribution is 7.80. The van der Waals surface area contributed by atoms with Crippen molar-refractivity contribution in [3.8, 4) is 5.75 Å². The van der Waals surface area contributed by atoms with Gasteiger partial charge in [0.05, 0.1) is 23.8 Å². The number of hydrogen-bond donors (Lipinski definition) is 1. The van der Waals surface area contributed by atoms with E-state index in [9.17, 15) is 0 Å². The maximum absolute atomic E-state index is 5.94. The highest BCUT2D eigenvalue weighted by atomic mass is 35.5. The van der Waals surface area contributed by atoms with Crippen molar-refractivity contribution in [1.82, 2.24) is 0 Å². The SMILES string of the molecule is COc1cccc(CCOC(=S)Nc2ccc(Cl)c(Cl)c2)c1. The van der Waals surface area contributed by atoms with Crippen molar-refractivity contribution in [2.45, 2.75) is 6.42 Å². The first-order chi connectivity index (χ1) is 10.6. The summed E-state index contributed by atoms with van der Waals surface area (Å²) in [6.45, 7) is 0.473. The van der Waals surface area contributed by atoms with Gasteiger partial charge in [0.25, 0.3) is 5.17 Å². The molecule has 0 heterocycles. The van der Waals surface area contributed by atoms with Crippen LogP contribution in [0, 0.1) is 0 Å². The van der Waals surface area contributed by atoms with Gasteiger partial charge in [0, 0.05) is 12.1 Å². The third kappa shape index (κ3) is 5.05. The lowest BCUT2D eigenvalue weighted by molar-refractivity contribution is 0.316. The van der Waals surface area contributed by atoms with Gasteiger partial charge in [0.2, 0.25) is 0 Å². The summed E-state index contributed by atoms with van der Waals surface area (Å²) < 4.78 is 10.7. The molecule has 0 spiro atoms. The van der Waals surface area contributed by atoms with Crippen molar-refractivity contribution in [3.63, 3.8) is 0 Å². The number of benzene rings is 2. The number of halogens is 2. The lowest BCUT2D eigenvalue weighted by atomic mass is 10.1. The first-order valence-corrected chi connectivity index (χ1v) is 7.76. The minimum Gasteiger partial charge on any atom is -0.497 e. The maximum atomic E-state index is 5.94. The molecule has 0 atom stereocenters. The fourth-order valence-corrected chi connectivity index (χ4v) is 2.32. The summed E-state index contributed by atoms with van der Waals surface area (Å²) in [5.74, 6) is 0.828. The van der Waals surface area contributed by atoms with Crippen LogP contribution in [0.2, 0.25) is 10.0 Å². The molecule has 0 radical (unpaired) electrons. The summed E-state index contributed by atoms with van der Waals surface area (Å²) in [5, 5.41) is 4.21. The van der Waals surface area contributed by atoms with Crippen LogP contribution in [0.5, 0.6) is 5.75 Å². The van der Waals surface area contributed by atoms with Crippen LogP contribution in [-0.2, 0) is 11.2 Å². The van der Waals surface area contributed by atoms with E-state index >= 15 is 0 Å². The topological polar surface area (TPSA) is 30.5 Å². The highest BCUT2D eigenvalue weighted by Crippen LogP contribution is 2.25. The van der Waals surface area contributed by atoms with E-state index in [0.29, 0.717) is 21.8 Å². The largest absolute Gasteiger partial charge is 0.497 e. The molecule has 0 bridgehead atoms. The third-order valence-corrected chi connectivity index (χ3v) is 3.88. The Morgan fingerprint density at radius 1 is 1.14 bits per heavy atom. The molecule has 0 amide bonds. The molecule has 1 N–H and O–H groups in total. The second kappa shape index (κ2) is 8.22. The van der Waals surface area contributed by atoms with Gasteiger partial charge in [-0.15, -0.1) is 0 Å². The first-order valence-electron chi connectivity index (χ1n) is 6.60. The molecule has 0 saturated carbocycles. The molecule has 2 aromatic carbocycles. The van der Waals surface area contributed by atoms with Crippen molar-refractivity contribution in [2.24, 2.45) is 0 Å². The van der Waals surface area contributed by atoms with E-state index in [4.69, 9.17) is 44.9 Å². The zero-order valence-corrected chi connectivity index (χ0v) is 14.3. The Morgan fingerprint density at radius 3 is 2.68 bits per heavy atom. The summed E-state index contributed by atoms with van der Waals surface area (Å²) in [5.41, 5.74) is 1.86. The van der Waals surface area contributed by atoms with Gasteiger partial charge in [0.1, 0.15) is 5.75 Å². The smallest absolute Gasteiger partial charge is 0.261 e. The van der Waals surface area contributed by atoms with E-state index in [2.05, 4.69) is 5.32 Å². The fourth-order valence-electron chi connectivity index (χ4n) is 1.82. The highest BCUT2D eigenvalue weighted by Gasteiger charge is 2.03. The first kappa shape index (κ1) is 16.9. The molecule has 2 rings (SSSR count). The van der Waals surface area contributed by atoms with Gasteiger partial charge >= 0.3 is 0 Å². The van der Waals surface area contributed by atoms with Crippen molar-refractivity contribution >= 4 is 46.3 Å². The number of rotatable bonds is 5. The van der Waals surface area contributed by atoms with Crippen LogP contribution in [-0.4, -0.2) is 18.9 Å². The van der Waals surface area contributed by atoms with Crippen LogP contribution >= 0.6 is 35.4 Å². The van der Waals surface area contributed by atoms with Crippen molar-refractivity contribution in [3.05, 3.63) is 58.1 Å². The van der Waals surface area contributed by atoms with Gasteiger partial charge in [-0.2, -0.15) is 0 Å². The minimum atomic E-state index is 0.293. The van der Waals surface area contributed by atoms with Gasteiger partial charge in [-0.3, -0.25) is 0 Å². The quantitative estimate of drug-likeness (QED) is 0.768. The monoisotopic (exact) mass is 355 g/mol. The fraction of sp³-hybridized carbons (Fsp3) is 0.188. The van der Waals surface area contributed by atoms with Gasteiger partial charge in [0.15, 0.2) is 0 Å². The average Bonchev–Trinajstić information content (AvgIpc) is 2.51. The Hall–Kier alpha value is -1.49. The Morgan fingerprint density at radius 2 is 1.95 bits per heavy atom. The minimum absolute atomic E-state index is 0.293. The second-order valence-electron chi connectivity index (χ2n) is 4.49. The van der Waals surface area contributed by atoms with Crippen molar-refractivity contribution in [2.75, 3.05) is 19.0 Å². The van der Waals surface area contributed by atoms with Crippen LogP contribution in [0.1, 0.15) is 5.56 Å². The van der Waals surface area contributed by atoms with Crippen LogP contribution in [0.3, 0.4) is 0 Å². The number of anilines is 1. The number of methoxy groups -OCH3 is 1. The summed E-state index contributed by atoms with van der Waals surface area (Å²) in [6.07, 6.45) is 0.737. The lowest BCUT2D eigenvalue weighted by Crippen LogP contribution is -2.15. The third-order valence-electron chi connectivity index (χ3n) is 2.92. The summed E-state index contributed by atoms with van der Waals surface area (Å²) in [6, 6.07) is 13.0. The molecule has 22 heavy (non-hydrogen) atoms. The summed E-state index contributed by atoms with van der Waals surface area (Å²) in [7, 11) is 1.64. The molecule has 0 fully saturated rings. The molecule has 0 aliphatic rings. The molecule has 116 valence electrons. The predicted octanol–water partition coefficient (Wildman–Crippen LogP) is 4.96. The number of ether oxygens (including phenoxy) is 2. The van der Waals surface area contributed by atoms with Crippen LogP contribution in [0.25, 0.3) is 0 Å². The Balaban J connectivity index is 1.81. The predicted molar refractivity (Wildman–Crippen MR) is 95.3 cm³/mol. The van der Waals surface area contributed by atoms with Gasteiger partial charge in [-0.05, 0) is 48.1 Å². The molecule has 0 aromatic heterocycles. The van der Waals surface area contributed by atoms with E-state index in [1.54, 1.807) is 25.3 Å². The normalized spacial score (nSPS) is 10.1. The lowest BCUT2D eigenvalue weighted by Gasteiger charge is -2.11. The van der Waals surface area contributed by atoms with Crippen molar-refractivity contribution < 1.29 is 9.47 Å². The molecule has 0 unspecified atom stereocenters. The number of thiocarbonyl (C=S) groups is 1. The number of hydrogen-bond acceptors (Lipinski definition) is 3. The molecule has 0 saturated heterocycles. The van der Waals surface area contributed by atoms with E-state index in [0.717, 1.165) is 23.4 Å². The summed E-state index contributed by atoms with van der Waals surface area (Å²) >= 11 is 16.9. The van der Waals surface area contributed by atoms with E-state index in [-0.39, 0.29) is 0 Å². The molecule has 0 aliphatic carbocycles. The average molecular weight is 356 g/mol. The Labute approximate surface area is 145 Å². The molecular formula is C16H15Cl2NO2S. The summed E-state index contributed by atoms with van der Waals surface area (Å²) in [4.78, 5) is 0. The molecule has 6 heteroatoms. The van der Waals surface area contributed by atoms with Gasteiger partial charge in [-0.1, -0.05) is 35.3 Å². The molecule has 2 aromatic rings. The number of nitrogens with one attached hydrogen (secondary N) is 1. The zero-order valence-electron chi connectivity index (χ0n) is 11.9. The van der Waals surface area contributed by atoms with E-state index in [1.165, 1.54) is 0 Å². The van der Waals surface area contributed by atoms with Gasteiger partial charge < -0.3 is 14.8 Å². The maximum Gasteiger partial charge on any atom is 0.261 e.